The van der Waals surface area contributed by atoms with E-state index in [0.29, 0.717) is 35.7 Å². The Labute approximate surface area is 170 Å². The molecular weight excluding hydrogens is 368 g/mol. The van der Waals surface area contributed by atoms with Crippen LogP contribution < -0.4 is 20.5 Å². The molecule has 3 N–H and O–H groups in total. The Morgan fingerprint density at radius 2 is 1.79 bits per heavy atom. The highest BCUT2D eigenvalue weighted by atomic mass is 16.5. The highest BCUT2D eigenvalue weighted by Gasteiger charge is 2.36. The number of fused-ring (bicyclic) bond motifs is 1. The van der Waals surface area contributed by atoms with Gasteiger partial charge in [0, 0.05) is 17.1 Å². The molecule has 7 nitrogen and oxygen atoms in total. The van der Waals surface area contributed by atoms with Crippen LogP contribution in [0.15, 0.2) is 42.7 Å². The fourth-order valence-corrected chi connectivity index (χ4v) is 3.18. The van der Waals surface area contributed by atoms with E-state index in [1.165, 1.54) is 11.9 Å². The maximum atomic E-state index is 12.1. The van der Waals surface area contributed by atoms with Crippen molar-refractivity contribution in [2.75, 3.05) is 12.4 Å². The van der Waals surface area contributed by atoms with Crippen LogP contribution in [0.5, 0.6) is 11.5 Å². The minimum absolute atomic E-state index is 0.421. The molecule has 1 heterocycles. The number of primary amides is 1. The molecule has 3 rings (SSSR count). The summed E-state index contributed by atoms with van der Waals surface area (Å²) in [5.74, 6) is 1.02. The van der Waals surface area contributed by atoms with Gasteiger partial charge in [-0.25, -0.2) is 9.97 Å². The first kappa shape index (κ1) is 20.4. The van der Waals surface area contributed by atoms with E-state index in [9.17, 15) is 4.79 Å². The third kappa shape index (κ3) is 4.08. The normalized spacial score (nSPS) is 11.3. The van der Waals surface area contributed by atoms with Crippen molar-refractivity contribution in [3.05, 3.63) is 48.3 Å². The lowest BCUT2D eigenvalue weighted by molar-refractivity contribution is -0.134. The molecule has 0 bridgehead atoms. The quantitative estimate of drug-likeness (QED) is 0.596. The van der Waals surface area contributed by atoms with Crippen LogP contribution in [-0.4, -0.2) is 28.6 Å². The van der Waals surface area contributed by atoms with Crippen LogP contribution in [0.1, 0.15) is 32.3 Å². The predicted octanol–water partition coefficient (Wildman–Crippen LogP) is 4.11. The number of anilines is 2. The van der Waals surface area contributed by atoms with Crippen molar-refractivity contribution in [1.29, 1.82) is 0 Å². The van der Waals surface area contributed by atoms with Gasteiger partial charge in [0.25, 0.3) is 5.91 Å². The lowest BCUT2D eigenvalue weighted by atomic mass is 9.96. The minimum atomic E-state index is -1.11. The number of ether oxygens (including phenoxy) is 2. The van der Waals surface area contributed by atoms with E-state index in [4.69, 9.17) is 15.2 Å². The zero-order valence-electron chi connectivity index (χ0n) is 17.2. The van der Waals surface area contributed by atoms with E-state index >= 15 is 0 Å². The average molecular weight is 394 g/mol. The SMILES string of the molecule is CCC(CC)(Oc1cc2c(Nc3ccc(C)cc3)ncnc2cc1OC)C(N)=O. The molecule has 7 heteroatoms. The lowest BCUT2D eigenvalue weighted by Crippen LogP contribution is -2.48. The zero-order chi connectivity index (χ0) is 21.0. The highest BCUT2D eigenvalue weighted by molar-refractivity contribution is 5.93. The number of benzene rings is 2. The number of hydrogen-bond donors (Lipinski definition) is 2. The Morgan fingerprint density at radius 1 is 1.10 bits per heavy atom. The molecule has 2 aromatic carbocycles. The Hall–Kier alpha value is -3.35. The average Bonchev–Trinajstić information content (AvgIpc) is 2.73. The molecule has 0 saturated carbocycles. The van der Waals surface area contributed by atoms with Gasteiger partial charge in [0.15, 0.2) is 17.1 Å². The van der Waals surface area contributed by atoms with Crippen LogP contribution in [0.3, 0.4) is 0 Å². The number of nitrogens with two attached hydrogens (primary N) is 1. The first-order chi connectivity index (χ1) is 13.9. The maximum absolute atomic E-state index is 12.1. The summed E-state index contributed by atoms with van der Waals surface area (Å²) in [6.07, 6.45) is 2.38. The summed E-state index contributed by atoms with van der Waals surface area (Å²) in [5.41, 5.74) is 7.31. The topological polar surface area (TPSA) is 99.4 Å². The number of methoxy groups -OCH3 is 1. The van der Waals surface area contributed by atoms with Crippen molar-refractivity contribution in [2.24, 2.45) is 5.73 Å². The fourth-order valence-electron chi connectivity index (χ4n) is 3.18. The number of amides is 1. The van der Waals surface area contributed by atoms with E-state index in [0.717, 1.165) is 11.1 Å². The van der Waals surface area contributed by atoms with Crippen molar-refractivity contribution in [3.63, 3.8) is 0 Å². The number of nitrogens with one attached hydrogen (secondary N) is 1. The second kappa shape index (κ2) is 8.34. The monoisotopic (exact) mass is 394 g/mol. The summed E-state index contributed by atoms with van der Waals surface area (Å²) in [4.78, 5) is 20.8. The van der Waals surface area contributed by atoms with Crippen LogP contribution in [0.2, 0.25) is 0 Å². The largest absolute Gasteiger partial charge is 0.493 e. The Kier molecular flexibility index (Phi) is 5.87. The van der Waals surface area contributed by atoms with Crippen molar-refractivity contribution in [3.8, 4) is 11.5 Å². The van der Waals surface area contributed by atoms with Gasteiger partial charge in [-0.2, -0.15) is 0 Å². The summed E-state index contributed by atoms with van der Waals surface area (Å²) in [6, 6.07) is 11.6. The zero-order valence-corrected chi connectivity index (χ0v) is 17.2. The third-order valence-electron chi connectivity index (χ3n) is 5.13. The van der Waals surface area contributed by atoms with Crippen LogP contribution in [0, 0.1) is 6.92 Å². The van der Waals surface area contributed by atoms with Gasteiger partial charge in [0.1, 0.15) is 12.1 Å². The molecule has 0 unspecified atom stereocenters. The standard InChI is InChI=1S/C22H26N4O3/c1-5-22(6-2,21(23)27)29-19-11-16-17(12-18(19)28-4)24-13-25-20(16)26-15-9-7-14(3)8-10-15/h7-13H,5-6H2,1-4H3,(H2,23,27)(H,24,25,26). The summed E-state index contributed by atoms with van der Waals surface area (Å²) in [6.45, 7) is 5.77. The second-order valence-corrected chi connectivity index (χ2v) is 6.90. The van der Waals surface area contributed by atoms with Gasteiger partial charge in [-0.1, -0.05) is 31.5 Å². The molecule has 0 aliphatic rings. The second-order valence-electron chi connectivity index (χ2n) is 6.90. The molecule has 29 heavy (non-hydrogen) atoms. The summed E-state index contributed by atoms with van der Waals surface area (Å²) in [7, 11) is 1.55. The van der Waals surface area contributed by atoms with Crippen molar-refractivity contribution >= 4 is 28.3 Å². The number of nitrogens with zero attached hydrogens (tertiary/aromatic N) is 2. The van der Waals surface area contributed by atoms with Crippen molar-refractivity contribution in [2.45, 2.75) is 39.2 Å². The van der Waals surface area contributed by atoms with Gasteiger partial charge < -0.3 is 20.5 Å². The number of carbonyl (C=O) groups excluding carboxylic acids is 1. The number of aryl methyl sites for hydroxylation is 1. The van der Waals surface area contributed by atoms with Gasteiger partial charge in [-0.05, 0) is 38.0 Å². The van der Waals surface area contributed by atoms with Crippen LogP contribution in [-0.2, 0) is 4.79 Å². The first-order valence-corrected chi connectivity index (χ1v) is 9.57. The smallest absolute Gasteiger partial charge is 0.261 e. The number of hydrogen-bond acceptors (Lipinski definition) is 6. The molecule has 3 aromatic rings. The molecule has 0 aliphatic carbocycles. The Morgan fingerprint density at radius 3 is 2.38 bits per heavy atom. The van der Waals surface area contributed by atoms with Gasteiger partial charge in [-0.15, -0.1) is 0 Å². The summed E-state index contributed by atoms with van der Waals surface area (Å²) in [5, 5.41) is 4.06. The summed E-state index contributed by atoms with van der Waals surface area (Å²) < 4.78 is 11.6. The van der Waals surface area contributed by atoms with Gasteiger partial charge in [-0.3, -0.25) is 4.79 Å². The predicted molar refractivity (Wildman–Crippen MR) is 114 cm³/mol. The number of carbonyl (C=O) groups is 1. The minimum Gasteiger partial charge on any atom is -0.493 e. The first-order valence-electron chi connectivity index (χ1n) is 9.57. The molecule has 1 amide bonds. The van der Waals surface area contributed by atoms with Crippen LogP contribution >= 0.6 is 0 Å². The van der Waals surface area contributed by atoms with Crippen molar-refractivity contribution < 1.29 is 14.3 Å². The third-order valence-corrected chi connectivity index (χ3v) is 5.13. The molecule has 0 fully saturated rings. The molecule has 0 spiro atoms. The Bertz CT molecular complexity index is 1010. The maximum Gasteiger partial charge on any atom is 0.261 e. The number of rotatable bonds is 8. The molecule has 0 atom stereocenters. The van der Waals surface area contributed by atoms with E-state index in [1.807, 2.05) is 45.0 Å². The molecule has 0 radical (unpaired) electrons. The van der Waals surface area contributed by atoms with Gasteiger partial charge >= 0.3 is 0 Å². The van der Waals surface area contributed by atoms with E-state index < -0.39 is 11.5 Å². The van der Waals surface area contributed by atoms with Gasteiger partial charge in [0.2, 0.25) is 0 Å². The molecule has 1 aromatic heterocycles. The molecule has 0 aliphatic heterocycles. The molecular formula is C22H26N4O3. The van der Waals surface area contributed by atoms with E-state index in [2.05, 4.69) is 15.3 Å². The Balaban J connectivity index is 2.08. The van der Waals surface area contributed by atoms with Crippen LogP contribution in [0.25, 0.3) is 10.9 Å². The fraction of sp³-hybridized carbons (Fsp3) is 0.318. The lowest BCUT2D eigenvalue weighted by Gasteiger charge is -2.30. The van der Waals surface area contributed by atoms with Crippen LogP contribution in [0.4, 0.5) is 11.5 Å². The van der Waals surface area contributed by atoms with E-state index in [-0.39, 0.29) is 0 Å². The van der Waals surface area contributed by atoms with E-state index in [1.54, 1.807) is 19.2 Å². The van der Waals surface area contributed by atoms with Crippen molar-refractivity contribution in [1.82, 2.24) is 9.97 Å². The summed E-state index contributed by atoms with van der Waals surface area (Å²) >= 11 is 0. The number of aromatic nitrogens is 2. The molecule has 0 saturated heterocycles. The van der Waals surface area contributed by atoms with Gasteiger partial charge in [0.05, 0.1) is 12.6 Å². The highest BCUT2D eigenvalue weighted by Crippen LogP contribution is 2.37. The molecule has 152 valence electrons.